The van der Waals surface area contributed by atoms with Crippen molar-refractivity contribution in [2.45, 2.75) is 16.6 Å². The van der Waals surface area contributed by atoms with Crippen LogP contribution in [-0.2, 0) is 6.42 Å². The van der Waals surface area contributed by atoms with Gasteiger partial charge in [0.05, 0.1) is 5.03 Å². The molecule has 2 aromatic heterocycles. The van der Waals surface area contributed by atoms with Crippen LogP contribution < -0.4 is 5.73 Å². The maximum atomic E-state index is 5.50. The van der Waals surface area contributed by atoms with E-state index in [2.05, 4.69) is 33.2 Å². The molecule has 0 aliphatic carbocycles. The average Bonchev–Trinajstić information content (AvgIpc) is 2.83. The summed E-state index contributed by atoms with van der Waals surface area (Å²) >= 11 is 1.53. The first-order valence-corrected chi connectivity index (χ1v) is 6.93. The number of H-pyrrole nitrogens is 1. The van der Waals surface area contributed by atoms with Crippen molar-refractivity contribution in [2.24, 2.45) is 5.73 Å². The first-order chi connectivity index (χ1) is 9.35. The molecule has 1 aromatic carbocycles. The third kappa shape index (κ3) is 2.77. The van der Waals surface area contributed by atoms with Gasteiger partial charge in [0.2, 0.25) is 0 Å². The number of nitrogens with one attached hydrogen (secondary N) is 1. The zero-order valence-corrected chi connectivity index (χ0v) is 11.2. The van der Waals surface area contributed by atoms with E-state index in [1.165, 1.54) is 17.1 Å². The summed E-state index contributed by atoms with van der Waals surface area (Å²) in [6.07, 6.45) is 4.49. The molecule has 3 rings (SSSR count). The minimum atomic E-state index is 0.623. The molecule has 0 saturated carbocycles. The van der Waals surface area contributed by atoms with Crippen LogP contribution in [0.5, 0.6) is 0 Å². The Bertz CT molecular complexity index is 642. The summed E-state index contributed by atoms with van der Waals surface area (Å²) in [5, 5.41) is 2.99. The summed E-state index contributed by atoms with van der Waals surface area (Å²) in [5.41, 5.74) is 7.70. The molecule has 3 N–H and O–H groups in total. The largest absolute Gasteiger partial charge is 0.349 e. The van der Waals surface area contributed by atoms with Crippen LogP contribution in [-0.4, -0.2) is 21.5 Å². The van der Waals surface area contributed by atoms with E-state index >= 15 is 0 Å². The van der Waals surface area contributed by atoms with Gasteiger partial charge in [0.25, 0.3) is 0 Å². The highest BCUT2D eigenvalue weighted by molar-refractivity contribution is 7.99. The Labute approximate surface area is 115 Å². The Balaban J connectivity index is 1.80. The van der Waals surface area contributed by atoms with Gasteiger partial charge in [-0.2, -0.15) is 0 Å². The van der Waals surface area contributed by atoms with E-state index < -0.39 is 0 Å². The zero-order chi connectivity index (χ0) is 13.1. The number of aromatic nitrogens is 3. The van der Waals surface area contributed by atoms with E-state index in [0.29, 0.717) is 6.54 Å². The Hall–Kier alpha value is -1.85. The van der Waals surface area contributed by atoms with Gasteiger partial charge in [-0.15, -0.1) is 0 Å². The SMILES string of the molecule is NCCc1cnc(Sc2cc3ccccc3[nH]2)nc1. The molecule has 0 spiro atoms. The first-order valence-electron chi connectivity index (χ1n) is 6.12. The second-order valence-electron chi connectivity index (χ2n) is 4.24. The molecule has 0 aliphatic rings. The van der Waals surface area contributed by atoms with Crippen molar-refractivity contribution in [3.05, 3.63) is 48.3 Å². The lowest BCUT2D eigenvalue weighted by Crippen LogP contribution is -2.03. The van der Waals surface area contributed by atoms with Gasteiger partial charge in [-0.25, -0.2) is 9.97 Å². The van der Waals surface area contributed by atoms with Gasteiger partial charge in [-0.3, -0.25) is 0 Å². The molecule has 96 valence electrons. The Morgan fingerprint density at radius 2 is 1.95 bits per heavy atom. The van der Waals surface area contributed by atoms with Crippen molar-refractivity contribution in [1.29, 1.82) is 0 Å². The van der Waals surface area contributed by atoms with Crippen molar-refractivity contribution in [3.63, 3.8) is 0 Å². The van der Waals surface area contributed by atoms with E-state index in [1.54, 1.807) is 0 Å². The topological polar surface area (TPSA) is 67.6 Å². The summed E-state index contributed by atoms with van der Waals surface area (Å²) in [6, 6.07) is 10.3. The molecule has 19 heavy (non-hydrogen) atoms. The predicted molar refractivity (Wildman–Crippen MR) is 77.2 cm³/mol. The third-order valence-corrected chi connectivity index (χ3v) is 3.65. The van der Waals surface area contributed by atoms with Crippen molar-refractivity contribution < 1.29 is 0 Å². The average molecular weight is 270 g/mol. The summed E-state index contributed by atoms with van der Waals surface area (Å²) in [4.78, 5) is 12.0. The molecule has 0 bridgehead atoms. The summed E-state index contributed by atoms with van der Waals surface area (Å²) in [7, 11) is 0. The standard InChI is InChI=1S/C14H14N4S/c15-6-5-10-8-16-14(17-9-10)19-13-7-11-3-1-2-4-12(11)18-13/h1-4,7-9,18H,5-6,15H2. The van der Waals surface area contributed by atoms with Crippen LogP contribution in [0, 0.1) is 0 Å². The van der Waals surface area contributed by atoms with Crippen molar-refractivity contribution in [2.75, 3.05) is 6.54 Å². The quantitative estimate of drug-likeness (QED) is 0.715. The number of benzene rings is 1. The lowest BCUT2D eigenvalue weighted by molar-refractivity contribution is 0.889. The van der Waals surface area contributed by atoms with Crippen molar-refractivity contribution in [3.8, 4) is 0 Å². The number of nitrogens with zero attached hydrogens (tertiary/aromatic N) is 2. The molecule has 0 fully saturated rings. The fourth-order valence-electron chi connectivity index (χ4n) is 1.89. The van der Waals surface area contributed by atoms with Crippen LogP contribution in [0.4, 0.5) is 0 Å². The van der Waals surface area contributed by atoms with Crippen molar-refractivity contribution in [1.82, 2.24) is 15.0 Å². The Morgan fingerprint density at radius 1 is 1.16 bits per heavy atom. The maximum Gasteiger partial charge on any atom is 0.193 e. The van der Waals surface area contributed by atoms with Crippen molar-refractivity contribution >= 4 is 22.7 Å². The first kappa shape index (κ1) is 12.2. The van der Waals surface area contributed by atoms with Crippen LogP contribution in [0.15, 0.2) is 52.9 Å². The van der Waals surface area contributed by atoms with Crippen LogP contribution in [0.1, 0.15) is 5.56 Å². The van der Waals surface area contributed by atoms with E-state index in [0.717, 1.165) is 27.7 Å². The molecule has 3 aromatic rings. The van der Waals surface area contributed by atoms with Crippen LogP contribution in [0.2, 0.25) is 0 Å². The van der Waals surface area contributed by atoms with Gasteiger partial charge in [0, 0.05) is 23.3 Å². The van der Waals surface area contributed by atoms with E-state index in [-0.39, 0.29) is 0 Å². The number of hydrogen-bond donors (Lipinski definition) is 2. The summed E-state index contributed by atoms with van der Waals surface area (Å²) in [5.74, 6) is 0. The van der Waals surface area contributed by atoms with Crippen LogP contribution in [0.25, 0.3) is 10.9 Å². The monoisotopic (exact) mass is 270 g/mol. The predicted octanol–water partition coefficient (Wildman–Crippen LogP) is 2.61. The minimum absolute atomic E-state index is 0.623. The lowest BCUT2D eigenvalue weighted by atomic mass is 10.2. The van der Waals surface area contributed by atoms with Gasteiger partial charge < -0.3 is 10.7 Å². The van der Waals surface area contributed by atoms with E-state index in [1.807, 2.05) is 24.5 Å². The molecule has 0 saturated heterocycles. The van der Waals surface area contributed by atoms with Gasteiger partial charge in [-0.05, 0) is 42.4 Å². The molecule has 5 heteroatoms. The Morgan fingerprint density at radius 3 is 2.68 bits per heavy atom. The lowest BCUT2D eigenvalue weighted by Gasteiger charge is -1.99. The minimum Gasteiger partial charge on any atom is -0.349 e. The number of aromatic amines is 1. The van der Waals surface area contributed by atoms with Gasteiger partial charge >= 0.3 is 0 Å². The molecule has 2 heterocycles. The molecular weight excluding hydrogens is 256 g/mol. The van der Waals surface area contributed by atoms with Gasteiger partial charge in [0.15, 0.2) is 5.16 Å². The molecule has 0 aliphatic heterocycles. The third-order valence-electron chi connectivity index (χ3n) is 2.82. The number of rotatable bonds is 4. The van der Waals surface area contributed by atoms with E-state index in [4.69, 9.17) is 5.73 Å². The Kier molecular flexibility index (Phi) is 3.48. The molecular formula is C14H14N4S. The highest BCUT2D eigenvalue weighted by Crippen LogP contribution is 2.27. The molecule has 0 atom stereocenters. The number of para-hydroxylation sites is 1. The van der Waals surface area contributed by atoms with Gasteiger partial charge in [0.1, 0.15) is 0 Å². The molecule has 4 nitrogen and oxygen atoms in total. The number of fused-ring (bicyclic) bond motifs is 1. The summed E-state index contributed by atoms with van der Waals surface area (Å²) in [6.45, 7) is 0.623. The maximum absolute atomic E-state index is 5.50. The summed E-state index contributed by atoms with van der Waals surface area (Å²) < 4.78 is 0. The second kappa shape index (κ2) is 5.42. The zero-order valence-electron chi connectivity index (χ0n) is 10.3. The highest BCUT2D eigenvalue weighted by Gasteiger charge is 2.04. The normalized spacial score (nSPS) is 11.0. The van der Waals surface area contributed by atoms with Crippen LogP contribution in [0.3, 0.4) is 0 Å². The smallest absolute Gasteiger partial charge is 0.193 e. The molecule has 0 unspecified atom stereocenters. The highest BCUT2D eigenvalue weighted by atomic mass is 32.2. The van der Waals surface area contributed by atoms with Gasteiger partial charge in [-0.1, -0.05) is 18.2 Å². The number of hydrogen-bond acceptors (Lipinski definition) is 4. The second-order valence-corrected chi connectivity index (χ2v) is 5.24. The van der Waals surface area contributed by atoms with Crippen LogP contribution >= 0.6 is 11.8 Å². The molecule has 0 radical (unpaired) electrons. The molecule has 0 amide bonds. The van der Waals surface area contributed by atoms with E-state index in [9.17, 15) is 0 Å². The fraction of sp³-hybridized carbons (Fsp3) is 0.143. The number of nitrogens with two attached hydrogens (primary N) is 1. The fourth-order valence-corrected chi connectivity index (χ4v) is 2.65.